The van der Waals surface area contributed by atoms with E-state index in [9.17, 15) is 0 Å². The molecule has 3 nitrogen and oxygen atoms in total. The summed E-state index contributed by atoms with van der Waals surface area (Å²) in [6.45, 7) is 7.83. The average Bonchev–Trinajstić information content (AvgIpc) is 2.68. The Morgan fingerprint density at radius 1 is 1.33 bits per heavy atom. The molecule has 2 atom stereocenters. The van der Waals surface area contributed by atoms with Crippen LogP contribution in [0.1, 0.15) is 25.0 Å². The first-order chi connectivity index (χ1) is 8.63. The summed E-state index contributed by atoms with van der Waals surface area (Å²) in [5, 5.41) is 9.08. The second-order valence-electron chi connectivity index (χ2n) is 5.30. The van der Waals surface area contributed by atoms with E-state index in [1.807, 2.05) is 18.2 Å². The van der Waals surface area contributed by atoms with Crippen molar-refractivity contribution in [3.8, 4) is 11.8 Å². The van der Waals surface area contributed by atoms with Gasteiger partial charge in [0.1, 0.15) is 11.8 Å². The lowest BCUT2D eigenvalue weighted by molar-refractivity contribution is 0.316. The Hall–Kier alpha value is -1.53. The molecule has 1 aromatic carbocycles. The van der Waals surface area contributed by atoms with Crippen LogP contribution >= 0.6 is 0 Å². The van der Waals surface area contributed by atoms with Crippen molar-refractivity contribution in [3.63, 3.8) is 0 Å². The third kappa shape index (κ3) is 2.65. The predicted molar refractivity (Wildman–Crippen MR) is 71.3 cm³/mol. The highest BCUT2D eigenvalue weighted by atomic mass is 16.5. The molecule has 0 saturated carbocycles. The van der Waals surface area contributed by atoms with Crippen LogP contribution in [-0.4, -0.2) is 25.1 Å². The zero-order valence-corrected chi connectivity index (χ0v) is 11.3. The lowest BCUT2D eigenvalue weighted by atomic mass is 10.0. The second kappa shape index (κ2) is 5.41. The van der Waals surface area contributed by atoms with Crippen LogP contribution in [0.25, 0.3) is 0 Å². The second-order valence-corrected chi connectivity index (χ2v) is 5.30. The first kappa shape index (κ1) is 12.9. The minimum absolute atomic E-state index is 0.621. The first-order valence-corrected chi connectivity index (χ1v) is 6.43. The molecule has 2 unspecified atom stereocenters. The lowest BCUT2D eigenvalue weighted by Gasteiger charge is -2.16. The Bertz CT molecular complexity index is 454. The van der Waals surface area contributed by atoms with Crippen LogP contribution < -0.4 is 4.74 Å². The van der Waals surface area contributed by atoms with Gasteiger partial charge in [-0.05, 0) is 29.5 Å². The minimum Gasteiger partial charge on any atom is -0.495 e. The Kier molecular flexibility index (Phi) is 3.88. The summed E-state index contributed by atoms with van der Waals surface area (Å²) in [6.07, 6.45) is 0. The number of hydrogen-bond acceptors (Lipinski definition) is 3. The molecule has 0 spiro atoms. The van der Waals surface area contributed by atoms with Gasteiger partial charge >= 0.3 is 0 Å². The number of rotatable bonds is 3. The summed E-state index contributed by atoms with van der Waals surface area (Å²) in [7, 11) is 1.60. The summed E-state index contributed by atoms with van der Waals surface area (Å²) in [6, 6.07) is 8.06. The summed E-state index contributed by atoms with van der Waals surface area (Å²) in [5.41, 5.74) is 1.81. The quantitative estimate of drug-likeness (QED) is 0.820. The fourth-order valence-electron chi connectivity index (χ4n) is 2.58. The molecule has 18 heavy (non-hydrogen) atoms. The van der Waals surface area contributed by atoms with E-state index in [0.29, 0.717) is 11.3 Å². The molecule has 0 bridgehead atoms. The van der Waals surface area contributed by atoms with Gasteiger partial charge < -0.3 is 4.74 Å². The van der Waals surface area contributed by atoms with E-state index in [-0.39, 0.29) is 0 Å². The number of hydrogen-bond donors (Lipinski definition) is 0. The van der Waals surface area contributed by atoms with Gasteiger partial charge in [-0.2, -0.15) is 5.26 Å². The zero-order chi connectivity index (χ0) is 13.1. The van der Waals surface area contributed by atoms with Gasteiger partial charge in [-0.3, -0.25) is 4.90 Å². The fourth-order valence-corrected chi connectivity index (χ4v) is 2.58. The maximum absolute atomic E-state index is 9.08. The van der Waals surface area contributed by atoms with Crippen molar-refractivity contribution in [2.45, 2.75) is 20.4 Å². The van der Waals surface area contributed by atoms with Crippen molar-refractivity contribution in [1.29, 1.82) is 5.26 Å². The molecule has 1 aliphatic heterocycles. The molecule has 1 fully saturated rings. The molecule has 96 valence electrons. The molecular formula is C15H20N2O. The smallest absolute Gasteiger partial charge is 0.136 e. The van der Waals surface area contributed by atoms with Gasteiger partial charge in [0.05, 0.1) is 12.7 Å². The fraction of sp³-hybridized carbons (Fsp3) is 0.533. The molecule has 0 aromatic heterocycles. The topological polar surface area (TPSA) is 36.3 Å². The SMILES string of the molecule is COc1ccc(CN2CC(C)C(C)C2)cc1C#N. The number of likely N-dealkylation sites (tertiary alicyclic amines) is 1. The Balaban J connectivity index is 2.09. The van der Waals surface area contributed by atoms with Gasteiger partial charge in [-0.15, -0.1) is 0 Å². The molecular weight excluding hydrogens is 224 g/mol. The normalized spacial score (nSPS) is 23.9. The molecule has 1 heterocycles. The molecule has 1 saturated heterocycles. The van der Waals surface area contributed by atoms with Gasteiger partial charge in [0, 0.05) is 19.6 Å². The number of methoxy groups -OCH3 is 1. The van der Waals surface area contributed by atoms with Crippen molar-refractivity contribution in [3.05, 3.63) is 29.3 Å². The average molecular weight is 244 g/mol. The monoisotopic (exact) mass is 244 g/mol. The van der Waals surface area contributed by atoms with Gasteiger partial charge in [0.25, 0.3) is 0 Å². The molecule has 0 amide bonds. The summed E-state index contributed by atoms with van der Waals surface area (Å²) in [5.74, 6) is 2.18. The van der Waals surface area contributed by atoms with Gasteiger partial charge in [0.2, 0.25) is 0 Å². The standard InChI is InChI=1S/C15H20N2O/c1-11-8-17(9-12(11)2)10-13-4-5-15(18-3)14(6-13)7-16/h4-6,11-12H,8-10H2,1-3H3. The minimum atomic E-state index is 0.621. The van der Waals surface area contributed by atoms with Crippen LogP contribution in [0.4, 0.5) is 0 Å². The maximum atomic E-state index is 9.08. The highest BCUT2D eigenvalue weighted by Gasteiger charge is 2.25. The lowest BCUT2D eigenvalue weighted by Crippen LogP contribution is -2.20. The Morgan fingerprint density at radius 3 is 2.56 bits per heavy atom. The summed E-state index contributed by atoms with van der Waals surface area (Å²) < 4.78 is 5.16. The number of benzene rings is 1. The molecule has 1 aromatic rings. The van der Waals surface area contributed by atoms with Crippen LogP contribution in [0.5, 0.6) is 5.75 Å². The highest BCUT2D eigenvalue weighted by Crippen LogP contribution is 2.25. The van der Waals surface area contributed by atoms with Gasteiger partial charge in [-0.25, -0.2) is 0 Å². The first-order valence-electron chi connectivity index (χ1n) is 6.43. The van der Waals surface area contributed by atoms with E-state index in [2.05, 4.69) is 24.8 Å². The summed E-state index contributed by atoms with van der Waals surface area (Å²) in [4.78, 5) is 2.46. The molecule has 2 rings (SSSR count). The van der Waals surface area contributed by atoms with Crippen molar-refractivity contribution >= 4 is 0 Å². The van der Waals surface area contributed by atoms with E-state index in [4.69, 9.17) is 10.00 Å². The maximum Gasteiger partial charge on any atom is 0.136 e. The Morgan fingerprint density at radius 2 is 2.00 bits per heavy atom. The van der Waals surface area contributed by atoms with Crippen molar-refractivity contribution in [2.75, 3.05) is 20.2 Å². The van der Waals surface area contributed by atoms with E-state index < -0.39 is 0 Å². The van der Waals surface area contributed by atoms with Crippen LogP contribution in [0.2, 0.25) is 0 Å². The van der Waals surface area contributed by atoms with Crippen LogP contribution in [0, 0.1) is 23.2 Å². The highest BCUT2D eigenvalue weighted by molar-refractivity contribution is 5.45. The predicted octanol–water partition coefficient (Wildman–Crippen LogP) is 2.65. The van der Waals surface area contributed by atoms with E-state index in [1.54, 1.807) is 7.11 Å². The third-order valence-electron chi connectivity index (χ3n) is 3.85. The van der Waals surface area contributed by atoms with Crippen LogP contribution in [0.3, 0.4) is 0 Å². The van der Waals surface area contributed by atoms with E-state index >= 15 is 0 Å². The number of nitriles is 1. The van der Waals surface area contributed by atoms with Crippen molar-refractivity contribution in [2.24, 2.45) is 11.8 Å². The molecule has 1 aliphatic rings. The van der Waals surface area contributed by atoms with Gasteiger partial charge in [-0.1, -0.05) is 19.9 Å². The summed E-state index contributed by atoms with van der Waals surface area (Å²) >= 11 is 0. The number of nitrogens with zero attached hydrogens (tertiary/aromatic N) is 2. The number of ether oxygens (including phenoxy) is 1. The van der Waals surface area contributed by atoms with Crippen molar-refractivity contribution in [1.82, 2.24) is 4.90 Å². The zero-order valence-electron chi connectivity index (χ0n) is 11.3. The third-order valence-corrected chi connectivity index (χ3v) is 3.85. The molecule has 3 heteroatoms. The van der Waals surface area contributed by atoms with Crippen LogP contribution in [0.15, 0.2) is 18.2 Å². The Labute approximate surface area is 109 Å². The molecule has 0 aliphatic carbocycles. The van der Waals surface area contributed by atoms with Crippen LogP contribution in [-0.2, 0) is 6.54 Å². The van der Waals surface area contributed by atoms with E-state index in [0.717, 1.165) is 31.5 Å². The molecule has 0 radical (unpaired) electrons. The molecule has 0 N–H and O–H groups in total. The van der Waals surface area contributed by atoms with Gasteiger partial charge in [0.15, 0.2) is 0 Å². The largest absolute Gasteiger partial charge is 0.495 e. The van der Waals surface area contributed by atoms with E-state index in [1.165, 1.54) is 5.56 Å². The van der Waals surface area contributed by atoms with Crippen molar-refractivity contribution < 1.29 is 4.74 Å².